The van der Waals surface area contributed by atoms with Gasteiger partial charge in [-0.2, -0.15) is 0 Å². The van der Waals surface area contributed by atoms with Crippen molar-refractivity contribution >= 4 is 0 Å². The van der Waals surface area contributed by atoms with Gasteiger partial charge in [0.05, 0.1) is 18.8 Å². The lowest BCUT2D eigenvalue weighted by Gasteiger charge is -2.40. The minimum Gasteiger partial charge on any atom is -0.395 e. The zero-order valence-corrected chi connectivity index (χ0v) is 6.96. The Hall–Kier alpha value is -0.200. The maximum atomic E-state index is 9.37. The highest BCUT2D eigenvalue weighted by molar-refractivity contribution is 4.92. The lowest BCUT2D eigenvalue weighted by molar-refractivity contribution is -0.138. The molecule has 5 nitrogen and oxygen atoms in total. The van der Waals surface area contributed by atoms with Crippen molar-refractivity contribution in [3.05, 3.63) is 0 Å². The maximum Gasteiger partial charge on any atom is 0.109 e. The molecule has 1 heterocycles. The molecule has 1 aliphatic heterocycles. The molecule has 0 aromatic rings. The molecule has 4 atom stereocenters. The molecule has 0 radical (unpaired) electrons. The van der Waals surface area contributed by atoms with Crippen LogP contribution in [0.25, 0.3) is 0 Å². The summed E-state index contributed by atoms with van der Waals surface area (Å²) in [5, 5.41) is 36.6. The summed E-state index contributed by atoms with van der Waals surface area (Å²) in [5.74, 6) is 0. The molecule has 5 heteroatoms. The van der Waals surface area contributed by atoms with Crippen LogP contribution in [0.1, 0.15) is 0 Å². The van der Waals surface area contributed by atoms with Gasteiger partial charge in [-0.3, -0.25) is 4.90 Å². The number of likely N-dealkylation sites (tertiary alicyclic amines) is 1. The topological polar surface area (TPSA) is 84.2 Å². The fraction of sp³-hybridized carbons (Fsp3) is 1.00. The number of likely N-dealkylation sites (N-methyl/N-ethyl adjacent to an activating group) is 1. The lowest BCUT2D eigenvalue weighted by Crippen LogP contribution is -2.61. The molecule has 1 saturated heterocycles. The molecule has 72 valence electrons. The highest BCUT2D eigenvalue weighted by Crippen LogP contribution is 2.16. The van der Waals surface area contributed by atoms with Crippen molar-refractivity contribution in [2.75, 3.05) is 20.2 Å². The predicted octanol–water partition coefficient (Wildman–Crippen LogP) is -2.62. The average Bonchev–Trinajstić information content (AvgIpc) is 2.01. The van der Waals surface area contributed by atoms with Crippen LogP contribution in [0.3, 0.4) is 0 Å². The monoisotopic (exact) mass is 177 g/mol. The Kier molecular flexibility index (Phi) is 3.03. The molecule has 1 aliphatic rings. The fourth-order valence-corrected chi connectivity index (χ4v) is 1.50. The van der Waals surface area contributed by atoms with Crippen molar-refractivity contribution in [3.8, 4) is 0 Å². The first-order valence-corrected chi connectivity index (χ1v) is 3.93. The fourth-order valence-electron chi connectivity index (χ4n) is 1.50. The third-order valence-corrected chi connectivity index (χ3v) is 2.37. The summed E-state index contributed by atoms with van der Waals surface area (Å²) < 4.78 is 0. The van der Waals surface area contributed by atoms with Gasteiger partial charge in [-0.1, -0.05) is 0 Å². The zero-order chi connectivity index (χ0) is 9.30. The van der Waals surface area contributed by atoms with Gasteiger partial charge in [0, 0.05) is 6.54 Å². The number of β-amino-alcohol motifs (C(OH)–C–C–N with tert-alkyl or cyclic N) is 1. The van der Waals surface area contributed by atoms with Crippen LogP contribution in [-0.4, -0.2) is 69.9 Å². The van der Waals surface area contributed by atoms with E-state index in [-0.39, 0.29) is 13.2 Å². The quantitative estimate of drug-likeness (QED) is 0.352. The maximum absolute atomic E-state index is 9.37. The number of hydrogen-bond acceptors (Lipinski definition) is 5. The van der Waals surface area contributed by atoms with E-state index in [1.165, 1.54) is 0 Å². The molecule has 1 rings (SSSR count). The molecule has 0 amide bonds. The first kappa shape index (κ1) is 9.88. The van der Waals surface area contributed by atoms with Crippen LogP contribution in [0.2, 0.25) is 0 Å². The van der Waals surface area contributed by atoms with Gasteiger partial charge in [0.1, 0.15) is 12.2 Å². The Balaban J connectivity index is 2.65. The third-order valence-electron chi connectivity index (χ3n) is 2.37. The molecule has 0 saturated carbocycles. The highest BCUT2D eigenvalue weighted by Gasteiger charge is 2.39. The van der Waals surface area contributed by atoms with Crippen LogP contribution in [0.5, 0.6) is 0 Å². The second-order valence-electron chi connectivity index (χ2n) is 3.24. The van der Waals surface area contributed by atoms with Crippen molar-refractivity contribution in [1.29, 1.82) is 0 Å². The Bertz CT molecular complexity index is 154. The van der Waals surface area contributed by atoms with Gasteiger partial charge >= 0.3 is 0 Å². The van der Waals surface area contributed by atoms with E-state index in [0.717, 1.165) is 0 Å². The van der Waals surface area contributed by atoms with Crippen molar-refractivity contribution in [2.45, 2.75) is 24.4 Å². The summed E-state index contributed by atoms with van der Waals surface area (Å²) in [6.07, 6.45) is -3.17. The minimum atomic E-state index is -1.15. The van der Waals surface area contributed by atoms with E-state index in [9.17, 15) is 15.3 Å². The molecule has 0 aromatic heterocycles. The first-order chi connectivity index (χ1) is 5.57. The SMILES string of the molecule is CN1CC(O)[C@@H](O)[C@H](O)C1CO. The average molecular weight is 177 g/mol. The lowest BCUT2D eigenvalue weighted by atomic mass is 9.95. The Morgan fingerprint density at radius 2 is 1.83 bits per heavy atom. The van der Waals surface area contributed by atoms with E-state index in [2.05, 4.69) is 0 Å². The molecule has 0 aliphatic carbocycles. The summed E-state index contributed by atoms with van der Waals surface area (Å²) >= 11 is 0. The van der Waals surface area contributed by atoms with E-state index < -0.39 is 24.4 Å². The normalized spacial score (nSPS) is 44.8. The van der Waals surface area contributed by atoms with Gasteiger partial charge < -0.3 is 20.4 Å². The number of nitrogens with zero attached hydrogens (tertiary/aromatic N) is 1. The summed E-state index contributed by atoms with van der Waals surface area (Å²) in [4.78, 5) is 1.63. The predicted molar refractivity (Wildman–Crippen MR) is 41.5 cm³/mol. The molecular formula is C7H15NO4. The van der Waals surface area contributed by atoms with Gasteiger partial charge in [0.25, 0.3) is 0 Å². The third kappa shape index (κ3) is 1.60. The molecule has 1 fully saturated rings. The Morgan fingerprint density at radius 1 is 1.25 bits per heavy atom. The van der Waals surface area contributed by atoms with Crippen LogP contribution < -0.4 is 0 Å². The molecule has 0 aromatic carbocycles. The van der Waals surface area contributed by atoms with E-state index in [4.69, 9.17) is 5.11 Å². The molecule has 2 unspecified atom stereocenters. The summed E-state index contributed by atoms with van der Waals surface area (Å²) in [6.45, 7) is 0.0465. The van der Waals surface area contributed by atoms with Crippen molar-refractivity contribution in [3.63, 3.8) is 0 Å². The number of rotatable bonds is 1. The van der Waals surface area contributed by atoms with Crippen LogP contribution >= 0.6 is 0 Å². The Labute approximate surface area is 70.9 Å². The zero-order valence-electron chi connectivity index (χ0n) is 6.96. The molecular weight excluding hydrogens is 162 g/mol. The van der Waals surface area contributed by atoms with Gasteiger partial charge in [0.2, 0.25) is 0 Å². The minimum absolute atomic E-state index is 0.221. The summed E-state index contributed by atoms with van der Waals surface area (Å²) in [7, 11) is 1.68. The molecule has 4 N–H and O–H groups in total. The molecule has 0 spiro atoms. The van der Waals surface area contributed by atoms with E-state index in [0.29, 0.717) is 0 Å². The molecule has 0 bridgehead atoms. The van der Waals surface area contributed by atoms with Crippen molar-refractivity contribution < 1.29 is 20.4 Å². The first-order valence-electron chi connectivity index (χ1n) is 3.93. The summed E-state index contributed by atoms with van der Waals surface area (Å²) in [6, 6.07) is -0.483. The van der Waals surface area contributed by atoms with Gasteiger partial charge in [0.15, 0.2) is 0 Å². The second-order valence-corrected chi connectivity index (χ2v) is 3.24. The van der Waals surface area contributed by atoms with Crippen LogP contribution in [0.4, 0.5) is 0 Å². The standard InChI is InChI=1S/C7H15NO4/c1-8-2-5(10)7(12)6(11)4(8)3-9/h4-7,9-12H,2-3H2,1H3/t4?,5?,6-,7-/m1/s1. The van der Waals surface area contributed by atoms with E-state index in [1.807, 2.05) is 0 Å². The van der Waals surface area contributed by atoms with Crippen molar-refractivity contribution in [1.82, 2.24) is 4.90 Å². The van der Waals surface area contributed by atoms with Gasteiger partial charge in [-0.25, -0.2) is 0 Å². The number of hydrogen-bond donors (Lipinski definition) is 4. The van der Waals surface area contributed by atoms with Crippen molar-refractivity contribution in [2.24, 2.45) is 0 Å². The summed E-state index contributed by atoms with van der Waals surface area (Å²) in [5.41, 5.74) is 0. The number of piperidine rings is 1. The highest BCUT2D eigenvalue weighted by atomic mass is 16.4. The van der Waals surface area contributed by atoms with Gasteiger partial charge in [-0.15, -0.1) is 0 Å². The van der Waals surface area contributed by atoms with Crippen LogP contribution in [0.15, 0.2) is 0 Å². The van der Waals surface area contributed by atoms with Crippen LogP contribution in [0, 0.1) is 0 Å². The number of aliphatic hydroxyl groups excluding tert-OH is 4. The largest absolute Gasteiger partial charge is 0.395 e. The van der Waals surface area contributed by atoms with E-state index >= 15 is 0 Å². The smallest absolute Gasteiger partial charge is 0.109 e. The second kappa shape index (κ2) is 3.68. The van der Waals surface area contributed by atoms with Gasteiger partial charge in [-0.05, 0) is 7.05 Å². The molecule has 12 heavy (non-hydrogen) atoms. The number of aliphatic hydroxyl groups is 4. The van der Waals surface area contributed by atoms with E-state index in [1.54, 1.807) is 11.9 Å². The van der Waals surface area contributed by atoms with Crippen LogP contribution in [-0.2, 0) is 0 Å². The Morgan fingerprint density at radius 3 is 2.33 bits per heavy atom.